The SMILES string of the molecule is C[C@@H](N)[C@H]1C[C@@H]1c1ccco1. The summed E-state index contributed by atoms with van der Waals surface area (Å²) in [5.74, 6) is 2.36. The van der Waals surface area contributed by atoms with Crippen LogP contribution >= 0.6 is 0 Å². The Kier molecular flexibility index (Phi) is 1.50. The van der Waals surface area contributed by atoms with Crippen LogP contribution in [0.25, 0.3) is 0 Å². The number of furan rings is 1. The Hall–Kier alpha value is -0.760. The zero-order valence-electron chi connectivity index (χ0n) is 6.66. The maximum absolute atomic E-state index is 5.75. The van der Waals surface area contributed by atoms with Gasteiger partial charge in [-0.2, -0.15) is 0 Å². The van der Waals surface area contributed by atoms with E-state index in [1.807, 2.05) is 12.1 Å². The molecule has 60 valence electrons. The zero-order valence-corrected chi connectivity index (χ0v) is 6.66. The molecule has 0 unspecified atom stereocenters. The van der Waals surface area contributed by atoms with Gasteiger partial charge in [0.25, 0.3) is 0 Å². The van der Waals surface area contributed by atoms with Crippen LogP contribution in [0.15, 0.2) is 22.8 Å². The van der Waals surface area contributed by atoms with E-state index in [1.54, 1.807) is 6.26 Å². The maximum Gasteiger partial charge on any atom is 0.107 e. The average molecular weight is 151 g/mol. The highest BCUT2D eigenvalue weighted by molar-refractivity contribution is 5.16. The van der Waals surface area contributed by atoms with Crippen molar-refractivity contribution < 1.29 is 4.42 Å². The lowest BCUT2D eigenvalue weighted by Crippen LogP contribution is -2.17. The van der Waals surface area contributed by atoms with Gasteiger partial charge in [-0.15, -0.1) is 0 Å². The van der Waals surface area contributed by atoms with Crippen LogP contribution in [-0.4, -0.2) is 6.04 Å². The average Bonchev–Trinajstić information content (AvgIpc) is 2.60. The van der Waals surface area contributed by atoms with Gasteiger partial charge in [0.2, 0.25) is 0 Å². The molecule has 2 N–H and O–H groups in total. The van der Waals surface area contributed by atoms with E-state index in [0.29, 0.717) is 17.9 Å². The molecule has 0 bridgehead atoms. The van der Waals surface area contributed by atoms with Crippen molar-refractivity contribution in [1.82, 2.24) is 0 Å². The normalized spacial score (nSPS) is 31.8. The van der Waals surface area contributed by atoms with Crippen LogP contribution < -0.4 is 5.73 Å². The third-order valence-corrected chi connectivity index (χ3v) is 2.42. The molecular formula is C9H13NO. The Morgan fingerprint density at radius 3 is 3.00 bits per heavy atom. The first-order valence-electron chi connectivity index (χ1n) is 4.08. The largest absolute Gasteiger partial charge is 0.469 e. The highest BCUT2D eigenvalue weighted by Gasteiger charge is 2.42. The van der Waals surface area contributed by atoms with Crippen molar-refractivity contribution in [2.75, 3.05) is 0 Å². The van der Waals surface area contributed by atoms with Crippen LogP contribution in [0.2, 0.25) is 0 Å². The molecule has 1 heterocycles. The molecule has 1 saturated carbocycles. The summed E-state index contributed by atoms with van der Waals surface area (Å²) in [7, 11) is 0. The van der Waals surface area contributed by atoms with E-state index >= 15 is 0 Å². The van der Waals surface area contributed by atoms with Gasteiger partial charge in [-0.1, -0.05) is 0 Å². The van der Waals surface area contributed by atoms with Gasteiger partial charge in [0, 0.05) is 12.0 Å². The van der Waals surface area contributed by atoms with Crippen molar-refractivity contribution in [3.63, 3.8) is 0 Å². The Morgan fingerprint density at radius 2 is 2.55 bits per heavy atom. The molecule has 11 heavy (non-hydrogen) atoms. The minimum absolute atomic E-state index is 0.310. The second-order valence-corrected chi connectivity index (χ2v) is 3.38. The molecular weight excluding hydrogens is 138 g/mol. The number of rotatable bonds is 2. The molecule has 1 fully saturated rings. The lowest BCUT2D eigenvalue weighted by molar-refractivity contribution is 0.493. The molecule has 1 aliphatic rings. The van der Waals surface area contributed by atoms with Crippen LogP contribution in [0.4, 0.5) is 0 Å². The van der Waals surface area contributed by atoms with Gasteiger partial charge in [-0.3, -0.25) is 0 Å². The molecule has 0 amide bonds. The molecule has 2 rings (SSSR count). The van der Waals surface area contributed by atoms with Gasteiger partial charge in [-0.25, -0.2) is 0 Å². The van der Waals surface area contributed by atoms with Crippen molar-refractivity contribution in [3.8, 4) is 0 Å². The Morgan fingerprint density at radius 1 is 1.73 bits per heavy atom. The molecule has 3 atom stereocenters. The second-order valence-electron chi connectivity index (χ2n) is 3.38. The first-order valence-corrected chi connectivity index (χ1v) is 4.08. The van der Waals surface area contributed by atoms with Crippen LogP contribution in [-0.2, 0) is 0 Å². The molecule has 0 aromatic carbocycles. The fourth-order valence-corrected chi connectivity index (χ4v) is 1.63. The number of hydrogen-bond acceptors (Lipinski definition) is 2. The standard InChI is InChI=1S/C9H13NO/c1-6(10)7-5-8(7)9-3-2-4-11-9/h2-4,6-8H,5,10H2,1H3/t6-,7-,8+/m1/s1. The lowest BCUT2D eigenvalue weighted by Gasteiger charge is -2.00. The van der Waals surface area contributed by atoms with Gasteiger partial charge in [0.05, 0.1) is 6.26 Å². The Bertz CT molecular complexity index is 228. The molecule has 0 saturated heterocycles. The third-order valence-electron chi connectivity index (χ3n) is 2.42. The fourth-order valence-electron chi connectivity index (χ4n) is 1.63. The summed E-state index contributed by atoms with van der Waals surface area (Å²) < 4.78 is 5.28. The predicted molar refractivity (Wildman–Crippen MR) is 43.2 cm³/mol. The first kappa shape index (κ1) is 6.92. The third kappa shape index (κ3) is 1.18. The monoisotopic (exact) mass is 151 g/mol. The molecule has 1 aromatic heterocycles. The lowest BCUT2D eigenvalue weighted by atomic mass is 10.2. The highest BCUT2D eigenvalue weighted by Crippen LogP contribution is 2.48. The highest BCUT2D eigenvalue weighted by atomic mass is 16.3. The molecule has 2 nitrogen and oxygen atoms in total. The van der Waals surface area contributed by atoms with Gasteiger partial charge >= 0.3 is 0 Å². The van der Waals surface area contributed by atoms with E-state index < -0.39 is 0 Å². The quantitative estimate of drug-likeness (QED) is 0.699. The summed E-state index contributed by atoms with van der Waals surface area (Å²) in [6.45, 7) is 2.06. The van der Waals surface area contributed by atoms with Crippen LogP contribution in [0, 0.1) is 5.92 Å². The first-order chi connectivity index (χ1) is 5.29. The van der Waals surface area contributed by atoms with Crippen LogP contribution in [0.1, 0.15) is 25.0 Å². The zero-order chi connectivity index (χ0) is 7.84. The van der Waals surface area contributed by atoms with Gasteiger partial charge in [-0.05, 0) is 31.4 Å². The molecule has 0 aliphatic heterocycles. The van der Waals surface area contributed by atoms with E-state index in [0.717, 1.165) is 5.76 Å². The van der Waals surface area contributed by atoms with Crippen LogP contribution in [0.3, 0.4) is 0 Å². The molecule has 2 heteroatoms. The van der Waals surface area contributed by atoms with Crippen molar-refractivity contribution in [2.24, 2.45) is 11.7 Å². The van der Waals surface area contributed by atoms with E-state index in [2.05, 4.69) is 6.92 Å². The minimum atomic E-state index is 0.310. The van der Waals surface area contributed by atoms with Gasteiger partial charge in [0.15, 0.2) is 0 Å². The summed E-state index contributed by atoms with van der Waals surface area (Å²) in [4.78, 5) is 0. The predicted octanol–water partition coefficient (Wildman–Crippen LogP) is 1.73. The molecule has 0 spiro atoms. The van der Waals surface area contributed by atoms with E-state index in [9.17, 15) is 0 Å². The number of nitrogens with two attached hydrogens (primary N) is 1. The summed E-state index contributed by atoms with van der Waals surface area (Å²) in [6, 6.07) is 4.28. The summed E-state index contributed by atoms with van der Waals surface area (Å²) in [5.41, 5.74) is 5.75. The Balaban J connectivity index is 2.02. The van der Waals surface area contributed by atoms with Crippen LogP contribution in [0.5, 0.6) is 0 Å². The van der Waals surface area contributed by atoms with Crippen molar-refractivity contribution in [1.29, 1.82) is 0 Å². The van der Waals surface area contributed by atoms with E-state index in [-0.39, 0.29) is 0 Å². The summed E-state index contributed by atoms with van der Waals surface area (Å²) in [5, 5.41) is 0. The molecule has 1 aromatic rings. The molecule has 1 aliphatic carbocycles. The maximum atomic E-state index is 5.75. The fraction of sp³-hybridized carbons (Fsp3) is 0.556. The van der Waals surface area contributed by atoms with E-state index in [4.69, 9.17) is 10.2 Å². The Labute approximate surface area is 66.4 Å². The molecule has 0 radical (unpaired) electrons. The minimum Gasteiger partial charge on any atom is -0.469 e. The number of hydrogen-bond donors (Lipinski definition) is 1. The van der Waals surface area contributed by atoms with Gasteiger partial charge in [0.1, 0.15) is 5.76 Å². The smallest absolute Gasteiger partial charge is 0.107 e. The van der Waals surface area contributed by atoms with E-state index in [1.165, 1.54) is 6.42 Å². The van der Waals surface area contributed by atoms with Crippen molar-refractivity contribution in [2.45, 2.75) is 25.3 Å². The topological polar surface area (TPSA) is 39.2 Å². The summed E-state index contributed by atoms with van der Waals surface area (Å²) in [6.07, 6.45) is 2.93. The van der Waals surface area contributed by atoms with Crippen molar-refractivity contribution in [3.05, 3.63) is 24.2 Å². The second kappa shape index (κ2) is 2.38. The summed E-state index contributed by atoms with van der Waals surface area (Å²) >= 11 is 0. The van der Waals surface area contributed by atoms with Gasteiger partial charge < -0.3 is 10.2 Å². The van der Waals surface area contributed by atoms with Crippen molar-refractivity contribution >= 4 is 0 Å².